The van der Waals surface area contributed by atoms with E-state index in [4.69, 9.17) is 17.3 Å². The summed E-state index contributed by atoms with van der Waals surface area (Å²) in [6, 6.07) is 2.95. The van der Waals surface area contributed by atoms with Crippen molar-refractivity contribution in [3.05, 3.63) is 22.7 Å². The molecule has 0 fully saturated rings. The Balaban J connectivity index is 2.83. The molecule has 0 unspecified atom stereocenters. The van der Waals surface area contributed by atoms with Gasteiger partial charge in [0.25, 0.3) is 0 Å². The lowest BCUT2D eigenvalue weighted by Gasteiger charge is -2.14. The molecule has 0 atom stereocenters. The highest BCUT2D eigenvalue weighted by Gasteiger charge is 2.17. The van der Waals surface area contributed by atoms with Crippen LogP contribution in [-0.2, 0) is 9.53 Å². The molecule has 0 saturated carbocycles. The first-order valence-corrected chi connectivity index (χ1v) is 6.90. The van der Waals surface area contributed by atoms with E-state index in [1.807, 2.05) is 13.8 Å². The maximum Gasteiger partial charge on any atom is 0.340 e. The average molecular weight is 314 g/mol. The van der Waals surface area contributed by atoms with Gasteiger partial charge in [0.05, 0.1) is 29.9 Å². The fraction of sp³-hybridized carbons (Fsp3) is 0.429. The fourth-order valence-electron chi connectivity index (χ4n) is 1.63. The molecular formula is C14H20ClN3O3. The Morgan fingerprint density at radius 3 is 2.62 bits per heavy atom. The van der Waals surface area contributed by atoms with Crippen molar-refractivity contribution in [1.29, 1.82) is 0 Å². The first-order chi connectivity index (χ1) is 9.85. The molecule has 6 nitrogen and oxygen atoms in total. The van der Waals surface area contributed by atoms with Gasteiger partial charge in [-0.25, -0.2) is 4.79 Å². The monoisotopic (exact) mass is 313 g/mol. The van der Waals surface area contributed by atoms with Crippen LogP contribution < -0.4 is 16.4 Å². The normalized spacial score (nSPS) is 10.3. The number of esters is 1. The molecule has 0 spiro atoms. The zero-order valence-corrected chi connectivity index (χ0v) is 13.1. The van der Waals surface area contributed by atoms with Gasteiger partial charge in [0, 0.05) is 12.2 Å². The van der Waals surface area contributed by atoms with Crippen LogP contribution in [0.2, 0.25) is 5.02 Å². The second kappa shape index (κ2) is 7.73. The molecular weight excluding hydrogens is 294 g/mol. The van der Waals surface area contributed by atoms with Crippen molar-refractivity contribution in [3.63, 3.8) is 0 Å². The fourth-order valence-corrected chi connectivity index (χ4v) is 1.92. The van der Waals surface area contributed by atoms with Crippen LogP contribution in [0.1, 0.15) is 24.2 Å². The summed E-state index contributed by atoms with van der Waals surface area (Å²) in [5, 5.41) is 5.86. The third-order valence-corrected chi connectivity index (χ3v) is 2.95. The molecule has 0 bridgehead atoms. The Labute approximate surface area is 129 Å². The summed E-state index contributed by atoms with van der Waals surface area (Å²) in [6.07, 6.45) is 0. The summed E-state index contributed by atoms with van der Waals surface area (Å²) in [5.41, 5.74) is 6.53. The molecule has 1 aromatic carbocycles. The molecule has 0 aliphatic heterocycles. The van der Waals surface area contributed by atoms with E-state index in [1.165, 1.54) is 19.2 Å². The van der Waals surface area contributed by atoms with Crippen molar-refractivity contribution in [1.82, 2.24) is 5.32 Å². The molecule has 4 N–H and O–H groups in total. The standard InChI is InChI=1S/C14H20ClN3O3/c1-8(2)6-17-12(19)7-18-13-10(14(20)21-3)4-9(16)5-11(13)15/h4-5,8,18H,6-7,16H2,1-3H3,(H,17,19). The smallest absolute Gasteiger partial charge is 0.340 e. The molecule has 116 valence electrons. The number of halogens is 1. The average Bonchev–Trinajstić information content (AvgIpc) is 2.42. The molecule has 0 radical (unpaired) electrons. The number of carbonyl (C=O) groups excluding carboxylic acids is 2. The number of hydrogen-bond donors (Lipinski definition) is 3. The lowest BCUT2D eigenvalue weighted by molar-refractivity contribution is -0.119. The minimum absolute atomic E-state index is 0.000350. The molecule has 0 heterocycles. The molecule has 0 aliphatic carbocycles. The van der Waals surface area contributed by atoms with Gasteiger partial charge < -0.3 is 21.1 Å². The molecule has 7 heteroatoms. The van der Waals surface area contributed by atoms with E-state index in [9.17, 15) is 9.59 Å². The van der Waals surface area contributed by atoms with Gasteiger partial charge in [-0.05, 0) is 18.1 Å². The van der Waals surface area contributed by atoms with E-state index >= 15 is 0 Å². The van der Waals surface area contributed by atoms with Crippen LogP contribution in [-0.4, -0.2) is 32.1 Å². The van der Waals surface area contributed by atoms with E-state index in [1.54, 1.807) is 0 Å². The molecule has 1 rings (SSSR count). The molecule has 1 amide bonds. The second-order valence-electron chi connectivity index (χ2n) is 4.97. The van der Waals surface area contributed by atoms with Gasteiger partial charge in [-0.2, -0.15) is 0 Å². The van der Waals surface area contributed by atoms with Gasteiger partial charge in [-0.3, -0.25) is 4.79 Å². The third kappa shape index (κ3) is 5.15. The second-order valence-corrected chi connectivity index (χ2v) is 5.38. The van der Waals surface area contributed by atoms with Gasteiger partial charge in [-0.1, -0.05) is 25.4 Å². The number of nitrogens with two attached hydrogens (primary N) is 1. The molecule has 1 aromatic rings. The van der Waals surface area contributed by atoms with E-state index in [0.29, 0.717) is 23.8 Å². The number of carbonyl (C=O) groups is 2. The lowest BCUT2D eigenvalue weighted by atomic mass is 10.1. The number of amides is 1. The van der Waals surface area contributed by atoms with Crippen LogP contribution in [0.15, 0.2) is 12.1 Å². The number of ether oxygens (including phenoxy) is 1. The molecule has 0 aliphatic rings. The van der Waals surface area contributed by atoms with E-state index < -0.39 is 5.97 Å². The van der Waals surface area contributed by atoms with E-state index in [2.05, 4.69) is 15.4 Å². The van der Waals surface area contributed by atoms with Crippen LogP contribution >= 0.6 is 11.6 Å². The highest BCUT2D eigenvalue weighted by Crippen LogP contribution is 2.29. The topological polar surface area (TPSA) is 93.4 Å². The van der Waals surface area contributed by atoms with Crippen LogP contribution in [0.25, 0.3) is 0 Å². The largest absolute Gasteiger partial charge is 0.465 e. The summed E-state index contributed by atoms with van der Waals surface area (Å²) in [6.45, 7) is 4.58. The van der Waals surface area contributed by atoms with Crippen LogP contribution in [0, 0.1) is 5.92 Å². The van der Waals surface area contributed by atoms with Crippen LogP contribution in [0.4, 0.5) is 11.4 Å². The van der Waals surface area contributed by atoms with Crippen molar-refractivity contribution < 1.29 is 14.3 Å². The Morgan fingerprint density at radius 1 is 1.38 bits per heavy atom. The number of rotatable bonds is 6. The Hall–Kier alpha value is -1.95. The Bertz CT molecular complexity index is 532. The van der Waals surface area contributed by atoms with Gasteiger partial charge >= 0.3 is 5.97 Å². The molecule has 0 aromatic heterocycles. The van der Waals surface area contributed by atoms with Gasteiger partial charge in [0.15, 0.2) is 0 Å². The third-order valence-electron chi connectivity index (χ3n) is 2.65. The van der Waals surface area contributed by atoms with Crippen molar-refractivity contribution in [2.45, 2.75) is 13.8 Å². The number of nitrogens with one attached hydrogen (secondary N) is 2. The summed E-state index contributed by atoms with van der Waals surface area (Å²) in [5.74, 6) is -0.401. The van der Waals surface area contributed by atoms with Crippen molar-refractivity contribution in [3.8, 4) is 0 Å². The molecule has 0 saturated heterocycles. The van der Waals surface area contributed by atoms with E-state index in [-0.39, 0.29) is 23.0 Å². The number of methoxy groups -OCH3 is 1. The molecule has 21 heavy (non-hydrogen) atoms. The zero-order valence-electron chi connectivity index (χ0n) is 12.3. The predicted molar refractivity (Wildman–Crippen MR) is 83.5 cm³/mol. The van der Waals surface area contributed by atoms with Crippen LogP contribution in [0.5, 0.6) is 0 Å². The zero-order chi connectivity index (χ0) is 16.0. The van der Waals surface area contributed by atoms with Gasteiger partial charge in [0.2, 0.25) is 5.91 Å². The Morgan fingerprint density at radius 2 is 2.05 bits per heavy atom. The van der Waals surface area contributed by atoms with Gasteiger partial charge in [-0.15, -0.1) is 0 Å². The minimum atomic E-state index is -0.575. The lowest BCUT2D eigenvalue weighted by Crippen LogP contribution is -2.32. The van der Waals surface area contributed by atoms with Crippen molar-refractivity contribution in [2.24, 2.45) is 5.92 Å². The number of benzene rings is 1. The number of anilines is 2. The van der Waals surface area contributed by atoms with Crippen molar-refractivity contribution >= 4 is 34.9 Å². The SMILES string of the molecule is COC(=O)c1cc(N)cc(Cl)c1NCC(=O)NCC(C)C. The highest BCUT2D eigenvalue weighted by atomic mass is 35.5. The first-order valence-electron chi connectivity index (χ1n) is 6.53. The quantitative estimate of drug-likeness (QED) is 0.551. The Kier molecular flexibility index (Phi) is 6.30. The van der Waals surface area contributed by atoms with E-state index in [0.717, 1.165) is 0 Å². The number of hydrogen-bond acceptors (Lipinski definition) is 5. The summed E-state index contributed by atoms with van der Waals surface area (Å²) >= 11 is 6.06. The highest BCUT2D eigenvalue weighted by molar-refractivity contribution is 6.34. The predicted octanol–water partition coefficient (Wildman–Crippen LogP) is 1.89. The van der Waals surface area contributed by atoms with Crippen LogP contribution in [0.3, 0.4) is 0 Å². The first kappa shape index (κ1) is 17.1. The summed E-state index contributed by atoms with van der Waals surface area (Å²) in [7, 11) is 1.26. The maximum absolute atomic E-state index is 11.7. The maximum atomic E-state index is 11.7. The summed E-state index contributed by atoms with van der Waals surface area (Å²) in [4.78, 5) is 23.4. The van der Waals surface area contributed by atoms with Gasteiger partial charge in [0.1, 0.15) is 0 Å². The number of nitrogen functional groups attached to an aromatic ring is 1. The summed E-state index contributed by atoms with van der Waals surface area (Å²) < 4.78 is 4.68. The van der Waals surface area contributed by atoms with Crippen molar-refractivity contribution in [2.75, 3.05) is 31.2 Å². The minimum Gasteiger partial charge on any atom is -0.465 e.